The molecule has 3 amide bonds. The number of imide groups is 1. The van der Waals surface area contributed by atoms with Gasteiger partial charge in [-0.15, -0.1) is 0 Å². The number of nitrogens with one attached hydrogen (secondary N) is 2. The molecule has 2 N–H and O–H groups in total. The van der Waals surface area contributed by atoms with E-state index in [9.17, 15) is 18.0 Å². The van der Waals surface area contributed by atoms with E-state index in [4.69, 9.17) is 16.4 Å². The van der Waals surface area contributed by atoms with Crippen LogP contribution in [0.1, 0.15) is 31.2 Å². The Morgan fingerprint density at radius 2 is 1.92 bits per heavy atom. The summed E-state index contributed by atoms with van der Waals surface area (Å²) < 4.78 is 23.4. The van der Waals surface area contributed by atoms with Crippen LogP contribution in [-0.2, 0) is 19.5 Å². The molecular formula is C16H20ClN3O5S. The molecule has 1 saturated carbocycles. The fourth-order valence-corrected chi connectivity index (χ4v) is 3.85. The Hall–Kier alpha value is -2.13. The first-order valence-corrected chi connectivity index (χ1v) is 10.3. The number of halogens is 1. The highest BCUT2D eigenvalue weighted by molar-refractivity contribution is 7.90. The van der Waals surface area contributed by atoms with Crippen LogP contribution in [-0.4, -0.2) is 45.5 Å². The molecule has 142 valence electrons. The third kappa shape index (κ3) is 5.18. The highest BCUT2D eigenvalue weighted by atomic mass is 35.5. The third-order valence-corrected chi connectivity index (χ3v) is 5.45. The number of hydrogen-bond donors (Lipinski definition) is 2. The number of carbonyl (C=O) groups is 2. The Kier molecular flexibility index (Phi) is 6.60. The summed E-state index contributed by atoms with van der Waals surface area (Å²) >= 11 is 6.04. The zero-order chi connectivity index (χ0) is 19.3. The molecule has 0 saturated heterocycles. The van der Waals surface area contributed by atoms with Crippen LogP contribution in [0, 0.1) is 0 Å². The van der Waals surface area contributed by atoms with Gasteiger partial charge < -0.3 is 10.2 Å². The van der Waals surface area contributed by atoms with E-state index >= 15 is 0 Å². The topological polar surface area (TPSA) is 114 Å². The summed E-state index contributed by atoms with van der Waals surface area (Å²) in [6.45, 7) is 0. The number of amides is 3. The van der Waals surface area contributed by atoms with Gasteiger partial charge in [-0.2, -0.15) is 0 Å². The molecule has 0 radical (unpaired) electrons. The maximum absolute atomic E-state index is 12.4. The van der Waals surface area contributed by atoms with Gasteiger partial charge in [0.2, 0.25) is 0 Å². The van der Waals surface area contributed by atoms with Crippen molar-refractivity contribution in [3.8, 4) is 0 Å². The normalized spacial score (nSPS) is 15.6. The minimum atomic E-state index is -3.51. The van der Waals surface area contributed by atoms with Crippen LogP contribution in [0.25, 0.3) is 0 Å². The van der Waals surface area contributed by atoms with Gasteiger partial charge in [-0.3, -0.25) is 10.1 Å². The van der Waals surface area contributed by atoms with E-state index in [0.717, 1.165) is 31.9 Å². The largest absolute Gasteiger partial charge is 0.392 e. The van der Waals surface area contributed by atoms with Crippen LogP contribution in [0.2, 0.25) is 5.02 Å². The van der Waals surface area contributed by atoms with Crippen molar-refractivity contribution in [2.24, 2.45) is 5.16 Å². The van der Waals surface area contributed by atoms with Gasteiger partial charge in [0.25, 0.3) is 5.91 Å². The first-order chi connectivity index (χ1) is 12.2. The third-order valence-electron chi connectivity index (χ3n) is 3.87. The second-order valence-corrected chi connectivity index (χ2v) is 8.29. The molecule has 1 aliphatic rings. The van der Waals surface area contributed by atoms with Crippen molar-refractivity contribution in [1.82, 2.24) is 10.6 Å². The molecule has 0 aromatic heterocycles. The van der Waals surface area contributed by atoms with Crippen LogP contribution in [0.4, 0.5) is 4.79 Å². The Balaban J connectivity index is 2.35. The molecule has 0 bridgehead atoms. The average molecular weight is 402 g/mol. The van der Waals surface area contributed by atoms with Gasteiger partial charge in [0.05, 0.1) is 9.92 Å². The van der Waals surface area contributed by atoms with Crippen molar-refractivity contribution >= 4 is 39.1 Å². The monoisotopic (exact) mass is 401 g/mol. The van der Waals surface area contributed by atoms with Gasteiger partial charge in [-0.05, 0) is 37.8 Å². The number of hydrogen-bond acceptors (Lipinski definition) is 6. The first-order valence-electron chi connectivity index (χ1n) is 7.99. The van der Waals surface area contributed by atoms with Crippen molar-refractivity contribution in [2.75, 3.05) is 13.3 Å². The van der Waals surface area contributed by atoms with Gasteiger partial charge in [0.1, 0.15) is 6.10 Å². The highest BCUT2D eigenvalue weighted by Crippen LogP contribution is 2.24. The van der Waals surface area contributed by atoms with E-state index in [1.165, 1.54) is 25.2 Å². The molecule has 8 nitrogen and oxygen atoms in total. The molecule has 26 heavy (non-hydrogen) atoms. The van der Waals surface area contributed by atoms with E-state index in [2.05, 4.69) is 15.8 Å². The predicted molar refractivity (Wildman–Crippen MR) is 97.0 cm³/mol. The van der Waals surface area contributed by atoms with E-state index in [0.29, 0.717) is 0 Å². The predicted octanol–water partition coefficient (Wildman–Crippen LogP) is 1.86. The molecule has 1 aromatic rings. The van der Waals surface area contributed by atoms with E-state index in [1.807, 2.05) is 0 Å². The fraction of sp³-hybridized carbons (Fsp3) is 0.438. The van der Waals surface area contributed by atoms with Crippen molar-refractivity contribution in [2.45, 2.75) is 36.7 Å². The van der Waals surface area contributed by atoms with Crippen LogP contribution in [0.15, 0.2) is 28.3 Å². The summed E-state index contributed by atoms with van der Waals surface area (Å²) in [7, 11) is -2.14. The Bertz CT molecular complexity index is 832. The van der Waals surface area contributed by atoms with Gasteiger partial charge >= 0.3 is 6.03 Å². The van der Waals surface area contributed by atoms with Crippen molar-refractivity contribution in [1.29, 1.82) is 0 Å². The quantitative estimate of drug-likeness (QED) is 0.577. The second kappa shape index (κ2) is 8.50. The zero-order valence-corrected chi connectivity index (χ0v) is 16.0. The summed E-state index contributed by atoms with van der Waals surface area (Å²) in [5.74, 6) is -0.787. The summed E-state index contributed by atoms with van der Waals surface area (Å²) in [6.07, 6.45) is 4.65. The molecule has 1 aliphatic carbocycles. The number of urea groups is 1. The minimum Gasteiger partial charge on any atom is -0.392 e. The van der Waals surface area contributed by atoms with E-state index in [1.54, 1.807) is 0 Å². The molecule has 0 atom stereocenters. The number of benzene rings is 1. The lowest BCUT2D eigenvalue weighted by molar-refractivity contribution is -0.114. The molecule has 0 heterocycles. The smallest absolute Gasteiger partial charge is 0.321 e. The Morgan fingerprint density at radius 1 is 1.27 bits per heavy atom. The fourth-order valence-electron chi connectivity index (χ4n) is 2.52. The SMILES string of the molecule is CNC(=O)NC(=O)C(=NOC1CCCC1)c1ccc(S(C)(=O)=O)c(Cl)c1. The number of oxime groups is 1. The molecule has 1 fully saturated rings. The standard InChI is InChI=1S/C16H20ClN3O5S/c1-18-16(22)19-15(21)14(20-25-11-5-3-4-6-11)10-7-8-13(12(17)9-10)26(2,23)24/h7-9,11H,3-6H2,1-2H3,(H2,18,19,21,22). The molecule has 2 rings (SSSR count). The van der Waals surface area contributed by atoms with Crippen molar-refractivity contribution in [3.63, 3.8) is 0 Å². The number of carbonyl (C=O) groups excluding carboxylic acids is 2. The second-order valence-electron chi connectivity index (χ2n) is 5.90. The summed E-state index contributed by atoms with van der Waals surface area (Å²) in [5.41, 5.74) is 0.0734. The molecule has 1 aromatic carbocycles. The maximum Gasteiger partial charge on any atom is 0.321 e. The Labute approximate surface area is 156 Å². The summed E-state index contributed by atoms with van der Waals surface area (Å²) in [4.78, 5) is 29.2. The lowest BCUT2D eigenvalue weighted by atomic mass is 10.1. The molecule has 0 aliphatic heterocycles. The maximum atomic E-state index is 12.4. The van der Waals surface area contributed by atoms with Crippen LogP contribution in [0.3, 0.4) is 0 Å². The van der Waals surface area contributed by atoms with Gasteiger partial charge in [0, 0.05) is 18.9 Å². The molecule has 0 unspecified atom stereocenters. The lowest BCUT2D eigenvalue weighted by Crippen LogP contribution is -2.41. The molecule has 10 heteroatoms. The summed E-state index contributed by atoms with van der Waals surface area (Å²) in [5, 5.41) is 8.24. The average Bonchev–Trinajstić information content (AvgIpc) is 3.07. The summed E-state index contributed by atoms with van der Waals surface area (Å²) in [6, 6.07) is 3.27. The van der Waals surface area contributed by atoms with Gasteiger partial charge in [0.15, 0.2) is 15.5 Å². The van der Waals surface area contributed by atoms with Crippen molar-refractivity contribution in [3.05, 3.63) is 28.8 Å². The lowest BCUT2D eigenvalue weighted by Gasteiger charge is -2.11. The number of rotatable bonds is 5. The first kappa shape index (κ1) is 20.2. The van der Waals surface area contributed by atoms with E-state index < -0.39 is 21.8 Å². The van der Waals surface area contributed by atoms with Gasteiger partial charge in [-0.25, -0.2) is 13.2 Å². The highest BCUT2D eigenvalue weighted by Gasteiger charge is 2.22. The number of sulfone groups is 1. The zero-order valence-electron chi connectivity index (χ0n) is 14.4. The van der Waals surface area contributed by atoms with Gasteiger partial charge in [-0.1, -0.05) is 22.8 Å². The molecule has 0 spiro atoms. The van der Waals surface area contributed by atoms with E-state index in [-0.39, 0.29) is 27.3 Å². The van der Waals surface area contributed by atoms with Crippen LogP contribution in [0.5, 0.6) is 0 Å². The molecular weight excluding hydrogens is 382 g/mol. The number of nitrogens with zero attached hydrogens (tertiary/aromatic N) is 1. The van der Waals surface area contributed by atoms with Crippen LogP contribution < -0.4 is 10.6 Å². The van der Waals surface area contributed by atoms with Crippen molar-refractivity contribution < 1.29 is 22.8 Å². The Morgan fingerprint density at radius 3 is 2.46 bits per heavy atom. The minimum absolute atomic E-state index is 0.0497. The van der Waals surface area contributed by atoms with Crippen LogP contribution >= 0.6 is 11.6 Å².